The Hall–Kier alpha value is -3.74. The number of imidazole rings is 1. The van der Waals surface area contributed by atoms with Crippen LogP contribution in [0.2, 0.25) is 0 Å². The van der Waals surface area contributed by atoms with Gasteiger partial charge < -0.3 is 8.98 Å². The van der Waals surface area contributed by atoms with E-state index in [1.807, 2.05) is 47.0 Å². The number of hydrogen-bond donors (Lipinski definition) is 1. The van der Waals surface area contributed by atoms with E-state index in [1.54, 1.807) is 24.6 Å². The van der Waals surface area contributed by atoms with Gasteiger partial charge in [-0.15, -0.1) is 0 Å². The number of carbonyl (C=O) groups is 1. The van der Waals surface area contributed by atoms with E-state index in [9.17, 15) is 4.79 Å². The van der Waals surface area contributed by atoms with Crippen molar-refractivity contribution in [2.75, 3.05) is 0 Å². The predicted octanol–water partition coefficient (Wildman–Crippen LogP) is 2.84. The van der Waals surface area contributed by atoms with Gasteiger partial charge in [0.15, 0.2) is 5.82 Å². The number of pyridine rings is 1. The molecule has 1 N–H and O–H groups in total. The molecule has 4 rings (SSSR count). The number of rotatable bonds is 5. The van der Waals surface area contributed by atoms with Gasteiger partial charge in [-0.3, -0.25) is 9.78 Å². The minimum absolute atomic E-state index is 0.0713. The van der Waals surface area contributed by atoms with Gasteiger partial charge in [-0.05, 0) is 36.4 Å². The number of benzene rings is 1. The molecule has 0 fully saturated rings. The average Bonchev–Trinajstić information content (AvgIpc) is 3.31. The molecule has 0 radical (unpaired) electrons. The van der Waals surface area contributed by atoms with Crippen LogP contribution in [-0.4, -0.2) is 26.7 Å². The lowest BCUT2D eigenvalue weighted by atomic mass is 10.3. The molecule has 7 nitrogen and oxygen atoms in total. The number of nitrogens with one attached hydrogen (secondary N) is 1. The molecular weight excluding hydrogens is 330 g/mol. The summed E-state index contributed by atoms with van der Waals surface area (Å²) >= 11 is 0. The molecular formula is C19H15N5O2. The number of hydrogen-bond acceptors (Lipinski definition) is 5. The zero-order valence-corrected chi connectivity index (χ0v) is 13.7. The van der Waals surface area contributed by atoms with Gasteiger partial charge in [0.2, 0.25) is 0 Å². The molecule has 4 aromatic rings. The van der Waals surface area contributed by atoms with Crippen LogP contribution < -0.4 is 5.43 Å². The van der Waals surface area contributed by atoms with Gasteiger partial charge in [0, 0.05) is 6.20 Å². The number of nitrogens with zero attached hydrogens (tertiary/aromatic N) is 4. The lowest BCUT2D eigenvalue weighted by Crippen LogP contribution is -2.23. The molecule has 1 aromatic carbocycles. The number of amides is 1. The van der Waals surface area contributed by atoms with Crippen molar-refractivity contribution >= 4 is 23.2 Å². The van der Waals surface area contributed by atoms with E-state index in [4.69, 9.17) is 4.42 Å². The summed E-state index contributed by atoms with van der Waals surface area (Å²) in [4.78, 5) is 21.3. The molecule has 3 heterocycles. The Kier molecular flexibility index (Phi) is 4.26. The maximum Gasteiger partial charge on any atom is 0.260 e. The van der Waals surface area contributed by atoms with E-state index < -0.39 is 0 Å². The largest absolute Gasteiger partial charge is 0.463 e. The fourth-order valence-corrected chi connectivity index (χ4v) is 2.64. The fraction of sp³-hybridized carbons (Fsp3) is 0.0526. The van der Waals surface area contributed by atoms with Crippen molar-refractivity contribution in [1.82, 2.24) is 20.0 Å². The van der Waals surface area contributed by atoms with Crippen LogP contribution in [0.15, 0.2) is 76.6 Å². The molecule has 0 aliphatic carbocycles. The molecule has 0 atom stereocenters. The van der Waals surface area contributed by atoms with Gasteiger partial charge in [-0.2, -0.15) is 5.10 Å². The highest BCUT2D eigenvalue weighted by molar-refractivity contribution is 5.85. The molecule has 128 valence electrons. The number of aromatic nitrogens is 3. The number of fused-ring (bicyclic) bond motifs is 1. The first kappa shape index (κ1) is 15.8. The van der Waals surface area contributed by atoms with Gasteiger partial charge in [0.1, 0.15) is 18.0 Å². The highest BCUT2D eigenvalue weighted by Gasteiger charge is 2.15. The highest BCUT2D eigenvalue weighted by atomic mass is 16.3. The van der Waals surface area contributed by atoms with Crippen molar-refractivity contribution in [3.8, 4) is 11.5 Å². The van der Waals surface area contributed by atoms with Crippen molar-refractivity contribution in [1.29, 1.82) is 0 Å². The summed E-state index contributed by atoms with van der Waals surface area (Å²) < 4.78 is 6.96. The van der Waals surface area contributed by atoms with E-state index in [0.717, 1.165) is 11.0 Å². The third kappa shape index (κ3) is 3.23. The Morgan fingerprint density at radius 3 is 2.85 bits per heavy atom. The van der Waals surface area contributed by atoms with Crippen LogP contribution in [0.1, 0.15) is 5.76 Å². The second-order valence-corrected chi connectivity index (χ2v) is 5.53. The van der Waals surface area contributed by atoms with E-state index in [-0.39, 0.29) is 12.5 Å². The molecule has 0 bridgehead atoms. The Morgan fingerprint density at radius 1 is 1.15 bits per heavy atom. The minimum Gasteiger partial charge on any atom is -0.463 e. The SMILES string of the molecule is O=C(Cn1c(-c2ccccn2)nc2ccccc21)N/N=C/c1ccco1. The number of hydrazone groups is 1. The van der Waals surface area contributed by atoms with Gasteiger partial charge in [-0.1, -0.05) is 18.2 Å². The maximum atomic E-state index is 12.3. The fourth-order valence-electron chi connectivity index (χ4n) is 2.64. The molecule has 1 amide bonds. The molecule has 0 saturated carbocycles. The van der Waals surface area contributed by atoms with Crippen LogP contribution in [0.25, 0.3) is 22.6 Å². The number of para-hydroxylation sites is 2. The lowest BCUT2D eigenvalue weighted by molar-refractivity contribution is -0.121. The van der Waals surface area contributed by atoms with Gasteiger partial charge in [-0.25, -0.2) is 10.4 Å². The first-order valence-electron chi connectivity index (χ1n) is 8.03. The van der Waals surface area contributed by atoms with Crippen LogP contribution >= 0.6 is 0 Å². The summed E-state index contributed by atoms with van der Waals surface area (Å²) in [5.74, 6) is 0.928. The predicted molar refractivity (Wildman–Crippen MR) is 97.4 cm³/mol. The van der Waals surface area contributed by atoms with Crippen LogP contribution in [0, 0.1) is 0 Å². The summed E-state index contributed by atoms with van der Waals surface area (Å²) in [6.45, 7) is 0.0713. The monoisotopic (exact) mass is 345 g/mol. The average molecular weight is 345 g/mol. The molecule has 7 heteroatoms. The highest BCUT2D eigenvalue weighted by Crippen LogP contribution is 2.23. The van der Waals surface area contributed by atoms with E-state index in [2.05, 4.69) is 20.5 Å². The smallest absolute Gasteiger partial charge is 0.260 e. The lowest BCUT2D eigenvalue weighted by Gasteiger charge is -2.07. The molecule has 0 aliphatic heterocycles. The van der Waals surface area contributed by atoms with Crippen molar-refractivity contribution < 1.29 is 9.21 Å². The molecule has 0 spiro atoms. The van der Waals surface area contributed by atoms with E-state index in [0.29, 0.717) is 17.3 Å². The molecule has 0 saturated heterocycles. The Morgan fingerprint density at radius 2 is 2.04 bits per heavy atom. The third-order valence-corrected chi connectivity index (χ3v) is 3.77. The Labute approximate surface area is 149 Å². The molecule has 0 aliphatic rings. The van der Waals surface area contributed by atoms with E-state index >= 15 is 0 Å². The Balaban J connectivity index is 1.61. The van der Waals surface area contributed by atoms with Crippen LogP contribution in [0.3, 0.4) is 0 Å². The van der Waals surface area contributed by atoms with Crippen molar-refractivity contribution in [2.24, 2.45) is 5.10 Å². The normalized spacial score (nSPS) is 11.2. The summed E-state index contributed by atoms with van der Waals surface area (Å²) in [6.07, 6.45) is 4.69. The van der Waals surface area contributed by atoms with Crippen molar-refractivity contribution in [2.45, 2.75) is 6.54 Å². The first-order chi connectivity index (χ1) is 12.8. The second-order valence-electron chi connectivity index (χ2n) is 5.53. The standard InChI is InChI=1S/C19H15N5O2/c25-18(23-21-12-14-6-5-11-26-14)13-24-17-9-2-1-7-15(17)22-19(24)16-8-3-4-10-20-16/h1-12H,13H2,(H,23,25)/b21-12+. The van der Waals surface area contributed by atoms with Gasteiger partial charge in [0.25, 0.3) is 5.91 Å². The third-order valence-electron chi connectivity index (χ3n) is 3.77. The molecule has 3 aromatic heterocycles. The Bertz CT molecular complexity index is 1050. The summed E-state index contributed by atoms with van der Waals surface area (Å²) in [7, 11) is 0. The van der Waals surface area contributed by atoms with Crippen molar-refractivity contribution in [3.63, 3.8) is 0 Å². The number of furan rings is 1. The van der Waals surface area contributed by atoms with Crippen LogP contribution in [0.5, 0.6) is 0 Å². The summed E-state index contributed by atoms with van der Waals surface area (Å²) in [5, 5.41) is 3.91. The van der Waals surface area contributed by atoms with Gasteiger partial charge in [0.05, 0.1) is 23.5 Å². The summed E-state index contributed by atoms with van der Waals surface area (Å²) in [5.41, 5.74) is 4.87. The van der Waals surface area contributed by atoms with Crippen LogP contribution in [0.4, 0.5) is 0 Å². The minimum atomic E-state index is -0.270. The van der Waals surface area contributed by atoms with Gasteiger partial charge >= 0.3 is 0 Å². The first-order valence-corrected chi connectivity index (χ1v) is 8.03. The number of carbonyl (C=O) groups excluding carboxylic acids is 1. The van der Waals surface area contributed by atoms with E-state index in [1.165, 1.54) is 6.21 Å². The zero-order valence-electron chi connectivity index (χ0n) is 13.7. The molecule has 0 unspecified atom stereocenters. The molecule has 26 heavy (non-hydrogen) atoms. The summed E-state index contributed by atoms with van der Waals surface area (Å²) in [6, 6.07) is 16.7. The quantitative estimate of drug-likeness (QED) is 0.445. The zero-order chi connectivity index (χ0) is 17.8. The maximum absolute atomic E-state index is 12.3. The van der Waals surface area contributed by atoms with Crippen molar-refractivity contribution in [3.05, 3.63) is 72.8 Å². The van der Waals surface area contributed by atoms with Crippen LogP contribution in [-0.2, 0) is 11.3 Å². The second kappa shape index (κ2) is 7.02. The topological polar surface area (TPSA) is 85.3 Å².